The number of nitrogens with zero attached hydrogens (tertiary/aromatic N) is 3. The van der Waals surface area contributed by atoms with Crippen molar-refractivity contribution in [3.63, 3.8) is 0 Å². The molecule has 2 aromatic rings. The number of ether oxygens (including phenoxy) is 1. The zero-order valence-electron chi connectivity index (χ0n) is 13.8. The number of nitro benzene ring substituents is 1. The summed E-state index contributed by atoms with van der Waals surface area (Å²) >= 11 is 6.16. The molecule has 7 nitrogen and oxygen atoms in total. The van der Waals surface area contributed by atoms with Gasteiger partial charge in [-0.3, -0.25) is 14.9 Å². The number of benzene rings is 2. The molecule has 0 radical (unpaired) electrons. The Morgan fingerprint density at radius 1 is 1.23 bits per heavy atom. The van der Waals surface area contributed by atoms with Crippen molar-refractivity contribution < 1.29 is 14.5 Å². The minimum Gasteiger partial charge on any atom is -0.476 e. The normalized spacial score (nSPS) is 15.3. The third-order valence-electron chi connectivity index (χ3n) is 3.64. The molecule has 3 rings (SSSR count). The number of nitro groups is 1. The van der Waals surface area contributed by atoms with Gasteiger partial charge < -0.3 is 4.74 Å². The van der Waals surface area contributed by atoms with E-state index in [1.165, 1.54) is 24.3 Å². The molecule has 0 unspecified atom stereocenters. The average Bonchev–Trinajstić information content (AvgIpc) is 2.93. The third-order valence-corrected chi connectivity index (χ3v) is 3.98. The predicted molar refractivity (Wildman–Crippen MR) is 99.1 cm³/mol. The molecule has 0 saturated heterocycles. The third kappa shape index (κ3) is 3.43. The number of anilines is 1. The number of halogens is 1. The lowest BCUT2D eigenvalue weighted by Gasteiger charge is -2.10. The first-order valence-corrected chi connectivity index (χ1v) is 8.16. The van der Waals surface area contributed by atoms with Crippen LogP contribution in [0, 0.1) is 10.1 Å². The highest BCUT2D eigenvalue weighted by molar-refractivity contribution is 6.34. The standard InChI is InChI=1S/C18H14ClN3O4/c1-2-26-17-15(11-12-5-3-4-6-16(12)19)18(23)21(20-17)13-7-9-14(10-8-13)22(24)25/h3-11H,2H2,1H3/b15-11-. The Labute approximate surface area is 154 Å². The van der Waals surface area contributed by atoms with Crippen molar-refractivity contribution >= 4 is 40.9 Å². The Kier molecular flexibility index (Phi) is 4.99. The second kappa shape index (κ2) is 7.37. The van der Waals surface area contributed by atoms with Crippen LogP contribution in [-0.2, 0) is 9.53 Å². The molecule has 8 heteroatoms. The van der Waals surface area contributed by atoms with Crippen molar-refractivity contribution in [1.82, 2.24) is 0 Å². The van der Waals surface area contributed by atoms with Crippen LogP contribution in [0.15, 0.2) is 59.2 Å². The van der Waals surface area contributed by atoms with Crippen LogP contribution in [0.5, 0.6) is 0 Å². The van der Waals surface area contributed by atoms with Crippen molar-refractivity contribution in [2.75, 3.05) is 11.6 Å². The maximum Gasteiger partial charge on any atom is 0.284 e. The van der Waals surface area contributed by atoms with Gasteiger partial charge in [-0.2, -0.15) is 5.01 Å². The van der Waals surface area contributed by atoms with Crippen molar-refractivity contribution in [3.8, 4) is 0 Å². The highest BCUT2D eigenvalue weighted by Crippen LogP contribution is 2.28. The first-order valence-electron chi connectivity index (χ1n) is 7.78. The number of amides is 1. The lowest BCUT2D eigenvalue weighted by molar-refractivity contribution is -0.384. The topological polar surface area (TPSA) is 85.0 Å². The number of hydrogen-bond donors (Lipinski definition) is 0. The van der Waals surface area contributed by atoms with E-state index < -0.39 is 10.8 Å². The van der Waals surface area contributed by atoms with E-state index in [9.17, 15) is 14.9 Å². The van der Waals surface area contributed by atoms with Gasteiger partial charge in [-0.25, -0.2) is 0 Å². The molecule has 0 bridgehead atoms. The van der Waals surface area contributed by atoms with Crippen molar-refractivity contribution in [1.29, 1.82) is 0 Å². The molecule has 0 atom stereocenters. The quantitative estimate of drug-likeness (QED) is 0.461. The summed E-state index contributed by atoms with van der Waals surface area (Å²) in [6.45, 7) is 2.12. The van der Waals surface area contributed by atoms with Gasteiger partial charge in [-0.1, -0.05) is 29.8 Å². The Balaban J connectivity index is 1.98. The second-order valence-electron chi connectivity index (χ2n) is 5.31. The van der Waals surface area contributed by atoms with E-state index in [0.29, 0.717) is 22.9 Å². The summed E-state index contributed by atoms with van der Waals surface area (Å²) in [5, 5.41) is 16.6. The second-order valence-corrected chi connectivity index (χ2v) is 5.72. The van der Waals surface area contributed by atoms with Gasteiger partial charge in [0.1, 0.15) is 5.57 Å². The fourth-order valence-corrected chi connectivity index (χ4v) is 2.59. The first kappa shape index (κ1) is 17.6. The van der Waals surface area contributed by atoms with Crippen LogP contribution in [0.4, 0.5) is 11.4 Å². The maximum atomic E-state index is 12.8. The maximum absolute atomic E-state index is 12.8. The van der Waals surface area contributed by atoms with Gasteiger partial charge in [0.05, 0.1) is 17.2 Å². The molecule has 0 aromatic heterocycles. The largest absolute Gasteiger partial charge is 0.476 e. The Hall–Kier alpha value is -3.19. The van der Waals surface area contributed by atoms with Gasteiger partial charge in [-0.05, 0) is 36.8 Å². The summed E-state index contributed by atoms with van der Waals surface area (Å²) in [6.07, 6.45) is 1.62. The summed E-state index contributed by atoms with van der Waals surface area (Å²) < 4.78 is 5.48. The van der Waals surface area contributed by atoms with Crippen molar-refractivity contribution in [2.45, 2.75) is 6.92 Å². The van der Waals surface area contributed by atoms with E-state index >= 15 is 0 Å². The molecule has 0 N–H and O–H groups in total. The number of rotatable bonds is 4. The van der Waals surface area contributed by atoms with Gasteiger partial charge in [0, 0.05) is 17.2 Å². The Morgan fingerprint density at radius 3 is 2.54 bits per heavy atom. The fourth-order valence-electron chi connectivity index (χ4n) is 2.40. The minimum atomic E-state index is -0.507. The van der Waals surface area contributed by atoms with Gasteiger partial charge in [0.25, 0.3) is 11.6 Å². The van der Waals surface area contributed by atoms with Crippen LogP contribution in [-0.4, -0.2) is 23.3 Å². The molecule has 0 saturated carbocycles. The predicted octanol–water partition coefficient (Wildman–Crippen LogP) is 4.03. The zero-order chi connectivity index (χ0) is 18.7. The molecule has 26 heavy (non-hydrogen) atoms. The van der Waals surface area contributed by atoms with E-state index in [1.54, 1.807) is 31.2 Å². The van der Waals surface area contributed by atoms with Gasteiger partial charge in [0.2, 0.25) is 5.90 Å². The van der Waals surface area contributed by atoms with Gasteiger partial charge in [-0.15, -0.1) is 5.10 Å². The van der Waals surface area contributed by atoms with E-state index in [0.717, 1.165) is 5.01 Å². The number of hydrogen-bond acceptors (Lipinski definition) is 5. The van der Waals surface area contributed by atoms with Crippen molar-refractivity contribution in [3.05, 3.63) is 74.8 Å². The van der Waals surface area contributed by atoms with Crippen LogP contribution in [0.3, 0.4) is 0 Å². The Morgan fingerprint density at radius 2 is 1.92 bits per heavy atom. The minimum absolute atomic E-state index is 0.0683. The van der Waals surface area contributed by atoms with E-state index in [4.69, 9.17) is 16.3 Å². The number of carbonyl (C=O) groups is 1. The lowest BCUT2D eigenvalue weighted by Crippen LogP contribution is -2.21. The molecular formula is C18H14ClN3O4. The van der Waals surface area contributed by atoms with Crippen LogP contribution >= 0.6 is 11.6 Å². The molecule has 2 aromatic carbocycles. The number of carbonyl (C=O) groups excluding carboxylic acids is 1. The summed E-state index contributed by atoms with van der Waals surface area (Å²) in [7, 11) is 0. The molecule has 1 aliphatic rings. The average molecular weight is 372 g/mol. The molecule has 132 valence electrons. The first-order chi connectivity index (χ1) is 12.5. The van der Waals surface area contributed by atoms with Crippen molar-refractivity contribution in [2.24, 2.45) is 5.10 Å². The molecular weight excluding hydrogens is 358 g/mol. The lowest BCUT2D eigenvalue weighted by atomic mass is 10.1. The zero-order valence-corrected chi connectivity index (χ0v) is 14.5. The molecule has 0 fully saturated rings. The number of non-ortho nitro benzene ring substituents is 1. The van der Waals surface area contributed by atoms with Crippen LogP contribution in [0.25, 0.3) is 6.08 Å². The SMILES string of the molecule is CCOC1=NN(c2ccc([N+](=O)[O-])cc2)C(=O)/C1=C\c1ccccc1Cl. The van der Waals surface area contributed by atoms with Crippen LogP contribution in [0.2, 0.25) is 5.02 Å². The smallest absolute Gasteiger partial charge is 0.284 e. The van der Waals surface area contributed by atoms with E-state index in [1.807, 2.05) is 6.07 Å². The molecule has 1 aliphatic heterocycles. The van der Waals surface area contributed by atoms with Crippen LogP contribution < -0.4 is 5.01 Å². The van der Waals surface area contributed by atoms with E-state index in [2.05, 4.69) is 5.10 Å². The highest BCUT2D eigenvalue weighted by atomic mass is 35.5. The monoisotopic (exact) mass is 371 g/mol. The summed E-state index contributed by atoms with van der Waals surface area (Å²) in [5.41, 5.74) is 1.26. The molecule has 1 heterocycles. The van der Waals surface area contributed by atoms with Gasteiger partial charge in [0.15, 0.2) is 0 Å². The number of hydrazone groups is 1. The van der Waals surface area contributed by atoms with Crippen LogP contribution in [0.1, 0.15) is 12.5 Å². The summed E-state index contributed by atoms with van der Waals surface area (Å²) in [4.78, 5) is 23.1. The Bertz CT molecular complexity index is 922. The summed E-state index contributed by atoms with van der Waals surface area (Å²) in [6, 6.07) is 12.6. The van der Waals surface area contributed by atoms with E-state index in [-0.39, 0.29) is 17.2 Å². The fraction of sp³-hybridized carbons (Fsp3) is 0.111. The molecule has 0 aliphatic carbocycles. The summed E-state index contributed by atoms with van der Waals surface area (Å²) in [5.74, 6) is -0.224. The highest BCUT2D eigenvalue weighted by Gasteiger charge is 2.33. The van der Waals surface area contributed by atoms with Gasteiger partial charge >= 0.3 is 0 Å². The molecule has 1 amide bonds. The molecule has 0 spiro atoms.